The van der Waals surface area contributed by atoms with E-state index in [2.05, 4.69) is 15.3 Å². The molecule has 132 valence electrons. The lowest BCUT2D eigenvalue weighted by Gasteiger charge is -2.22. The maximum Gasteiger partial charge on any atom is 0.317 e. The van der Waals surface area contributed by atoms with Crippen LogP contribution in [-0.4, -0.2) is 45.9 Å². The van der Waals surface area contributed by atoms with Crippen LogP contribution in [0.1, 0.15) is 29.6 Å². The summed E-state index contributed by atoms with van der Waals surface area (Å²) in [4.78, 5) is 35.1. The molecule has 0 spiro atoms. The van der Waals surface area contributed by atoms with Gasteiger partial charge in [-0.2, -0.15) is 0 Å². The lowest BCUT2D eigenvalue weighted by molar-refractivity contribution is 0.0756. The molecule has 0 aromatic carbocycles. The molecule has 3 rings (SSSR count). The number of rotatable bonds is 3. The molecule has 0 aliphatic carbocycles. The Kier molecular flexibility index (Phi) is 5.25. The van der Waals surface area contributed by atoms with Gasteiger partial charge in [0.05, 0.1) is 22.3 Å². The van der Waals surface area contributed by atoms with Crippen molar-refractivity contribution < 1.29 is 9.59 Å². The normalized spacial score (nSPS) is 17.8. The summed E-state index contributed by atoms with van der Waals surface area (Å²) in [5.74, 6) is -0.160. The van der Waals surface area contributed by atoms with Crippen LogP contribution in [0.2, 0.25) is 0 Å². The maximum absolute atomic E-state index is 13.0. The van der Waals surface area contributed by atoms with E-state index in [1.807, 2.05) is 0 Å². The van der Waals surface area contributed by atoms with Crippen molar-refractivity contribution in [1.29, 1.82) is 0 Å². The van der Waals surface area contributed by atoms with Crippen LogP contribution in [0.4, 0.5) is 9.80 Å². The SMILES string of the molecule is NC(=O)Nc1sc(-c2cnccn2)cc1C(=O)N1CCCC[C@H](N)C1. The smallest absolute Gasteiger partial charge is 0.317 e. The fraction of sp³-hybridized carbons (Fsp3) is 0.375. The van der Waals surface area contributed by atoms with Gasteiger partial charge < -0.3 is 16.4 Å². The standard InChI is InChI=1S/C16H20N6O2S/c17-10-3-1-2-6-22(9-10)15(23)11-7-13(12-8-19-4-5-20-12)25-14(11)21-16(18)24/h4-5,7-8,10H,1-3,6,9,17H2,(H3,18,21,24)/t10-/m0/s1. The topological polar surface area (TPSA) is 127 Å². The molecule has 1 aliphatic rings. The van der Waals surface area contributed by atoms with E-state index in [9.17, 15) is 9.59 Å². The van der Waals surface area contributed by atoms with Crippen molar-refractivity contribution in [2.24, 2.45) is 11.5 Å². The Morgan fingerprint density at radius 3 is 2.88 bits per heavy atom. The van der Waals surface area contributed by atoms with Crippen LogP contribution in [0.15, 0.2) is 24.7 Å². The minimum atomic E-state index is -0.714. The van der Waals surface area contributed by atoms with Gasteiger partial charge in [-0.1, -0.05) is 6.42 Å². The van der Waals surface area contributed by atoms with E-state index in [1.165, 1.54) is 11.3 Å². The van der Waals surface area contributed by atoms with E-state index in [0.29, 0.717) is 29.3 Å². The Hall–Kier alpha value is -2.52. The fourth-order valence-electron chi connectivity index (χ4n) is 2.84. The summed E-state index contributed by atoms with van der Waals surface area (Å²) < 4.78 is 0. The summed E-state index contributed by atoms with van der Waals surface area (Å²) in [6.07, 6.45) is 7.58. The van der Waals surface area contributed by atoms with Crippen molar-refractivity contribution >= 4 is 28.3 Å². The molecule has 1 fully saturated rings. The number of carbonyl (C=O) groups excluding carboxylic acids is 2. The van der Waals surface area contributed by atoms with Crippen LogP contribution in [0.3, 0.4) is 0 Å². The van der Waals surface area contributed by atoms with Crippen molar-refractivity contribution in [2.75, 3.05) is 18.4 Å². The Bertz CT molecular complexity index is 763. The van der Waals surface area contributed by atoms with Gasteiger partial charge in [0.15, 0.2) is 0 Å². The molecule has 2 aromatic heterocycles. The molecule has 1 saturated heterocycles. The number of thiophene rings is 1. The third-order valence-corrected chi connectivity index (χ3v) is 5.08. The molecule has 9 heteroatoms. The predicted molar refractivity (Wildman–Crippen MR) is 96.3 cm³/mol. The molecule has 3 amide bonds. The highest BCUT2D eigenvalue weighted by molar-refractivity contribution is 7.20. The summed E-state index contributed by atoms with van der Waals surface area (Å²) in [6.45, 7) is 1.16. The molecule has 25 heavy (non-hydrogen) atoms. The number of urea groups is 1. The van der Waals surface area contributed by atoms with Crippen molar-refractivity contribution in [3.63, 3.8) is 0 Å². The number of nitrogens with two attached hydrogens (primary N) is 2. The monoisotopic (exact) mass is 360 g/mol. The second-order valence-electron chi connectivity index (χ2n) is 5.94. The molecular formula is C16H20N6O2S. The summed E-state index contributed by atoms with van der Waals surface area (Å²) in [5, 5.41) is 2.95. The fourth-order valence-corrected chi connectivity index (χ4v) is 3.85. The molecule has 0 unspecified atom stereocenters. The predicted octanol–water partition coefficient (Wildman–Crippen LogP) is 1.65. The summed E-state index contributed by atoms with van der Waals surface area (Å²) in [7, 11) is 0. The third kappa shape index (κ3) is 4.12. The number of primary amides is 1. The summed E-state index contributed by atoms with van der Waals surface area (Å²) >= 11 is 1.25. The highest BCUT2D eigenvalue weighted by Gasteiger charge is 2.25. The number of hydrogen-bond donors (Lipinski definition) is 3. The van der Waals surface area contributed by atoms with Crippen molar-refractivity contribution in [2.45, 2.75) is 25.3 Å². The van der Waals surface area contributed by atoms with Gasteiger partial charge in [-0.25, -0.2) is 4.79 Å². The Morgan fingerprint density at radius 1 is 1.32 bits per heavy atom. The first kappa shape index (κ1) is 17.3. The second-order valence-corrected chi connectivity index (χ2v) is 6.99. The molecule has 0 radical (unpaired) electrons. The number of likely N-dealkylation sites (tertiary alicyclic amines) is 1. The number of amides is 3. The van der Waals surface area contributed by atoms with Gasteiger partial charge in [-0.3, -0.25) is 20.1 Å². The molecule has 3 heterocycles. The quantitative estimate of drug-likeness (QED) is 0.767. The average Bonchev–Trinajstić information content (AvgIpc) is 2.87. The number of hydrogen-bond acceptors (Lipinski definition) is 6. The van der Waals surface area contributed by atoms with Crippen molar-refractivity contribution in [3.8, 4) is 10.6 Å². The largest absolute Gasteiger partial charge is 0.351 e. The van der Waals surface area contributed by atoms with Crippen LogP contribution in [0.5, 0.6) is 0 Å². The molecule has 1 aliphatic heterocycles. The van der Waals surface area contributed by atoms with E-state index in [0.717, 1.165) is 24.1 Å². The number of carbonyl (C=O) groups is 2. The molecule has 0 bridgehead atoms. The van der Waals surface area contributed by atoms with Gasteiger partial charge in [0.1, 0.15) is 5.00 Å². The molecule has 5 N–H and O–H groups in total. The van der Waals surface area contributed by atoms with E-state index >= 15 is 0 Å². The number of nitrogens with one attached hydrogen (secondary N) is 1. The minimum absolute atomic E-state index is 0.0305. The highest BCUT2D eigenvalue weighted by Crippen LogP contribution is 2.35. The van der Waals surface area contributed by atoms with Crippen LogP contribution in [-0.2, 0) is 0 Å². The molecule has 1 atom stereocenters. The zero-order valence-corrected chi connectivity index (χ0v) is 14.5. The molecule has 8 nitrogen and oxygen atoms in total. The second kappa shape index (κ2) is 7.58. The van der Waals surface area contributed by atoms with E-state index < -0.39 is 6.03 Å². The first-order valence-electron chi connectivity index (χ1n) is 8.06. The summed E-state index contributed by atoms with van der Waals surface area (Å²) in [6, 6.07) is 0.977. The molecule has 0 saturated carbocycles. The Balaban J connectivity index is 1.94. The van der Waals surface area contributed by atoms with Gasteiger partial charge in [0.25, 0.3) is 5.91 Å². The zero-order chi connectivity index (χ0) is 17.8. The average molecular weight is 360 g/mol. The van der Waals surface area contributed by atoms with Crippen LogP contribution in [0, 0.1) is 0 Å². The maximum atomic E-state index is 13.0. The first-order chi connectivity index (χ1) is 12.0. The van der Waals surface area contributed by atoms with Gasteiger partial charge >= 0.3 is 6.03 Å². The van der Waals surface area contributed by atoms with Crippen molar-refractivity contribution in [3.05, 3.63) is 30.2 Å². The van der Waals surface area contributed by atoms with E-state index in [4.69, 9.17) is 11.5 Å². The number of aromatic nitrogens is 2. The molecular weight excluding hydrogens is 340 g/mol. The third-order valence-electron chi connectivity index (χ3n) is 4.01. The first-order valence-corrected chi connectivity index (χ1v) is 8.88. The van der Waals surface area contributed by atoms with Gasteiger partial charge in [0.2, 0.25) is 0 Å². The number of anilines is 1. The molecule has 2 aromatic rings. The minimum Gasteiger partial charge on any atom is -0.351 e. The Morgan fingerprint density at radius 2 is 2.16 bits per heavy atom. The van der Waals surface area contributed by atoms with E-state index in [-0.39, 0.29) is 11.9 Å². The summed E-state index contributed by atoms with van der Waals surface area (Å²) in [5.41, 5.74) is 12.3. The van der Waals surface area contributed by atoms with Crippen molar-refractivity contribution in [1.82, 2.24) is 14.9 Å². The lowest BCUT2D eigenvalue weighted by atomic mass is 10.1. The van der Waals surface area contributed by atoms with E-state index in [1.54, 1.807) is 29.6 Å². The van der Waals surface area contributed by atoms with Gasteiger partial charge in [-0.15, -0.1) is 11.3 Å². The van der Waals surface area contributed by atoms with Crippen LogP contribution in [0.25, 0.3) is 10.6 Å². The highest BCUT2D eigenvalue weighted by atomic mass is 32.1. The van der Waals surface area contributed by atoms with Crippen LogP contribution >= 0.6 is 11.3 Å². The van der Waals surface area contributed by atoms with Crippen LogP contribution < -0.4 is 16.8 Å². The van der Waals surface area contributed by atoms with Gasteiger partial charge in [0, 0.05) is 31.5 Å². The lowest BCUT2D eigenvalue weighted by Crippen LogP contribution is -2.39. The Labute approximate surface area is 149 Å². The van der Waals surface area contributed by atoms with Gasteiger partial charge in [-0.05, 0) is 18.9 Å². The zero-order valence-electron chi connectivity index (χ0n) is 13.6. The number of nitrogens with zero attached hydrogens (tertiary/aromatic N) is 3.